The lowest BCUT2D eigenvalue weighted by Gasteiger charge is -2.31. The molecular formula is C20H20F3NO4. The van der Waals surface area contributed by atoms with Gasteiger partial charge in [-0.05, 0) is 36.5 Å². The van der Waals surface area contributed by atoms with Crippen LogP contribution in [-0.4, -0.2) is 35.0 Å². The highest BCUT2D eigenvalue weighted by molar-refractivity contribution is 5.96. The summed E-state index contributed by atoms with van der Waals surface area (Å²) in [5, 5.41) is 9.18. The average Bonchev–Trinajstić information content (AvgIpc) is 3.12. The van der Waals surface area contributed by atoms with E-state index in [4.69, 9.17) is 4.42 Å². The number of hydrogen-bond donors (Lipinski definition) is 1. The summed E-state index contributed by atoms with van der Waals surface area (Å²) in [6.07, 6.45) is -2.76. The predicted molar refractivity (Wildman–Crippen MR) is 94.4 cm³/mol. The number of hydrogen-bond acceptors (Lipinski definition) is 3. The molecule has 150 valence electrons. The van der Waals surface area contributed by atoms with Crippen LogP contribution in [0, 0.1) is 0 Å². The number of halogens is 3. The van der Waals surface area contributed by atoms with Crippen LogP contribution in [0.25, 0.3) is 0 Å². The highest BCUT2D eigenvalue weighted by atomic mass is 19.4. The Balaban J connectivity index is 1.65. The molecule has 2 aromatic rings. The van der Waals surface area contributed by atoms with Crippen LogP contribution in [0.4, 0.5) is 13.2 Å². The van der Waals surface area contributed by atoms with Gasteiger partial charge < -0.3 is 14.4 Å². The number of aromatic carboxylic acids is 1. The fourth-order valence-corrected chi connectivity index (χ4v) is 3.49. The summed E-state index contributed by atoms with van der Waals surface area (Å²) in [7, 11) is 0. The molecule has 1 fully saturated rings. The minimum absolute atomic E-state index is 0.00206. The van der Waals surface area contributed by atoms with Gasteiger partial charge in [-0.25, -0.2) is 4.79 Å². The normalized spacial score (nSPS) is 15.6. The minimum atomic E-state index is -4.36. The van der Waals surface area contributed by atoms with Crippen molar-refractivity contribution in [1.29, 1.82) is 0 Å². The maximum absolute atomic E-state index is 12.7. The van der Waals surface area contributed by atoms with Gasteiger partial charge >= 0.3 is 12.1 Å². The molecular weight excluding hydrogens is 375 g/mol. The zero-order chi connectivity index (χ0) is 20.5. The van der Waals surface area contributed by atoms with Crippen LogP contribution < -0.4 is 0 Å². The van der Waals surface area contributed by atoms with E-state index in [1.165, 1.54) is 18.2 Å². The fourth-order valence-electron chi connectivity index (χ4n) is 3.49. The van der Waals surface area contributed by atoms with Crippen LogP contribution in [0.15, 0.2) is 34.7 Å². The Morgan fingerprint density at radius 1 is 1.18 bits per heavy atom. The molecule has 1 N–H and O–H groups in total. The number of alkyl halides is 3. The number of amides is 1. The molecule has 5 nitrogen and oxygen atoms in total. The van der Waals surface area contributed by atoms with E-state index in [9.17, 15) is 27.9 Å². The van der Waals surface area contributed by atoms with Crippen LogP contribution in [-0.2, 0) is 12.6 Å². The number of rotatable bonds is 4. The van der Waals surface area contributed by atoms with Crippen LogP contribution >= 0.6 is 0 Å². The molecule has 8 heteroatoms. The van der Waals surface area contributed by atoms with Crippen LogP contribution in [0.1, 0.15) is 63.5 Å². The molecule has 2 heterocycles. The quantitative estimate of drug-likeness (QED) is 0.823. The summed E-state index contributed by atoms with van der Waals surface area (Å²) in [4.78, 5) is 25.4. The van der Waals surface area contributed by atoms with Gasteiger partial charge in [0.05, 0.1) is 5.56 Å². The number of carboxylic acid groups (broad SMARTS) is 1. The predicted octanol–water partition coefficient (Wildman–Crippen LogP) is 4.58. The van der Waals surface area contributed by atoms with Crippen molar-refractivity contribution < 1.29 is 32.3 Å². The molecule has 1 saturated heterocycles. The van der Waals surface area contributed by atoms with E-state index in [0.29, 0.717) is 32.4 Å². The Hall–Kier alpha value is -2.77. The lowest BCUT2D eigenvalue weighted by molar-refractivity contribution is -0.137. The van der Waals surface area contributed by atoms with E-state index in [2.05, 4.69) is 0 Å². The number of furan rings is 1. The Morgan fingerprint density at radius 2 is 1.79 bits per heavy atom. The standard InChI is InChI=1S/C20H20F3NO4/c1-2-16-15(19(26)27)11-17(28-16)18(25)24-9-7-13(8-10-24)12-3-5-14(6-4-12)20(21,22)23/h3-6,11,13H,2,7-10H2,1H3,(H,26,27). The molecule has 0 unspecified atom stereocenters. The number of aryl methyl sites for hydroxylation is 1. The molecule has 0 atom stereocenters. The summed E-state index contributed by atoms with van der Waals surface area (Å²) < 4.78 is 43.5. The van der Waals surface area contributed by atoms with Crippen molar-refractivity contribution in [3.8, 4) is 0 Å². The molecule has 0 spiro atoms. The van der Waals surface area contributed by atoms with Gasteiger partial charge in [0.25, 0.3) is 5.91 Å². The molecule has 1 aromatic carbocycles. The number of carboxylic acids is 1. The third-order valence-corrected chi connectivity index (χ3v) is 5.06. The van der Waals surface area contributed by atoms with Crippen LogP contribution in [0.3, 0.4) is 0 Å². The van der Waals surface area contributed by atoms with E-state index < -0.39 is 17.7 Å². The summed E-state index contributed by atoms with van der Waals surface area (Å²) in [5.74, 6) is -1.17. The zero-order valence-electron chi connectivity index (χ0n) is 15.3. The largest absolute Gasteiger partial charge is 0.478 e. The topological polar surface area (TPSA) is 70.8 Å². The van der Waals surface area contributed by atoms with Gasteiger partial charge in [0.1, 0.15) is 11.3 Å². The van der Waals surface area contributed by atoms with Gasteiger partial charge in [0.15, 0.2) is 5.76 Å². The monoisotopic (exact) mass is 395 g/mol. The lowest BCUT2D eigenvalue weighted by Crippen LogP contribution is -2.37. The lowest BCUT2D eigenvalue weighted by atomic mass is 9.89. The molecule has 3 rings (SSSR count). The summed E-state index contributed by atoms with van der Waals surface area (Å²) in [6, 6.07) is 6.39. The fraction of sp³-hybridized carbons (Fsp3) is 0.400. The Morgan fingerprint density at radius 3 is 2.25 bits per heavy atom. The van der Waals surface area contributed by atoms with Gasteiger partial charge in [0, 0.05) is 25.6 Å². The minimum Gasteiger partial charge on any atom is -0.478 e. The first-order valence-electron chi connectivity index (χ1n) is 9.03. The number of carbonyl (C=O) groups excluding carboxylic acids is 1. The van der Waals surface area contributed by atoms with Gasteiger partial charge in [0.2, 0.25) is 0 Å². The summed E-state index contributed by atoms with van der Waals surface area (Å²) in [5.41, 5.74) is 0.132. The first kappa shape index (κ1) is 20.0. The first-order chi connectivity index (χ1) is 13.2. The second-order valence-corrected chi connectivity index (χ2v) is 6.79. The molecule has 0 radical (unpaired) electrons. The number of nitrogens with zero attached hydrogens (tertiary/aromatic N) is 1. The number of likely N-dealkylation sites (tertiary alicyclic amines) is 1. The maximum Gasteiger partial charge on any atom is 0.416 e. The Labute approximate surface area is 159 Å². The van der Waals surface area contributed by atoms with Crippen LogP contribution in [0.2, 0.25) is 0 Å². The van der Waals surface area contributed by atoms with Crippen molar-refractivity contribution in [3.05, 3.63) is 58.5 Å². The van der Waals surface area contributed by atoms with Crippen LogP contribution in [0.5, 0.6) is 0 Å². The van der Waals surface area contributed by atoms with Crippen molar-refractivity contribution in [1.82, 2.24) is 4.90 Å². The van der Waals surface area contributed by atoms with Crippen molar-refractivity contribution >= 4 is 11.9 Å². The SMILES string of the molecule is CCc1oc(C(=O)N2CCC(c3ccc(C(F)(F)F)cc3)CC2)cc1C(=O)O. The van der Waals surface area contributed by atoms with Gasteiger partial charge in [-0.15, -0.1) is 0 Å². The van der Waals surface area contributed by atoms with E-state index in [0.717, 1.165) is 17.7 Å². The Bertz CT molecular complexity index is 863. The first-order valence-corrected chi connectivity index (χ1v) is 9.03. The average molecular weight is 395 g/mol. The molecule has 1 aliphatic heterocycles. The summed E-state index contributed by atoms with van der Waals surface area (Å²) >= 11 is 0. The van der Waals surface area contributed by atoms with E-state index in [1.807, 2.05) is 0 Å². The van der Waals surface area contributed by atoms with E-state index in [1.54, 1.807) is 11.8 Å². The number of carbonyl (C=O) groups is 2. The molecule has 1 amide bonds. The summed E-state index contributed by atoms with van der Waals surface area (Å²) in [6.45, 7) is 2.60. The van der Waals surface area contributed by atoms with Gasteiger partial charge in [-0.2, -0.15) is 13.2 Å². The van der Waals surface area contributed by atoms with Gasteiger partial charge in [-0.3, -0.25) is 4.79 Å². The van der Waals surface area contributed by atoms with Crippen molar-refractivity contribution in [2.45, 2.75) is 38.3 Å². The number of benzene rings is 1. The molecule has 28 heavy (non-hydrogen) atoms. The Kier molecular flexibility index (Phi) is 5.49. The third-order valence-electron chi connectivity index (χ3n) is 5.06. The zero-order valence-corrected chi connectivity index (χ0v) is 15.3. The molecule has 0 bridgehead atoms. The van der Waals surface area contributed by atoms with E-state index >= 15 is 0 Å². The third kappa shape index (κ3) is 4.05. The highest BCUT2D eigenvalue weighted by Crippen LogP contribution is 2.33. The molecule has 0 saturated carbocycles. The molecule has 0 aliphatic carbocycles. The second kappa shape index (κ2) is 7.69. The smallest absolute Gasteiger partial charge is 0.416 e. The van der Waals surface area contributed by atoms with Crippen molar-refractivity contribution in [3.63, 3.8) is 0 Å². The molecule has 1 aliphatic rings. The highest BCUT2D eigenvalue weighted by Gasteiger charge is 2.31. The maximum atomic E-state index is 12.7. The number of piperidine rings is 1. The molecule has 1 aromatic heterocycles. The van der Waals surface area contributed by atoms with Crippen molar-refractivity contribution in [2.75, 3.05) is 13.1 Å². The van der Waals surface area contributed by atoms with E-state index in [-0.39, 0.29) is 28.9 Å². The van der Waals surface area contributed by atoms with Crippen molar-refractivity contribution in [2.24, 2.45) is 0 Å². The van der Waals surface area contributed by atoms with Gasteiger partial charge in [-0.1, -0.05) is 19.1 Å². The second-order valence-electron chi connectivity index (χ2n) is 6.79.